The Morgan fingerprint density at radius 2 is 2.21 bits per heavy atom. The van der Waals surface area contributed by atoms with Crippen molar-refractivity contribution < 1.29 is 19.8 Å². The molecule has 14 heavy (non-hydrogen) atoms. The van der Waals surface area contributed by atoms with Crippen molar-refractivity contribution in [2.45, 2.75) is 26.1 Å². The second-order valence-corrected chi connectivity index (χ2v) is 2.81. The van der Waals surface area contributed by atoms with E-state index in [-0.39, 0.29) is 5.57 Å². The van der Waals surface area contributed by atoms with Crippen molar-refractivity contribution in [1.82, 2.24) is 5.39 Å². The van der Waals surface area contributed by atoms with Crippen molar-refractivity contribution in [3.05, 3.63) is 12.2 Å². The van der Waals surface area contributed by atoms with Crippen LogP contribution in [0, 0.1) is 0 Å². The van der Waals surface area contributed by atoms with Crippen LogP contribution in [0.5, 0.6) is 0 Å². The van der Waals surface area contributed by atoms with Gasteiger partial charge in [-0.15, -0.1) is 0 Å². The number of hydrogen-bond acceptors (Lipinski definition) is 4. The van der Waals surface area contributed by atoms with E-state index < -0.39 is 5.97 Å². The van der Waals surface area contributed by atoms with Crippen LogP contribution in [0.4, 0.5) is 0 Å². The Morgan fingerprint density at radius 3 is 2.79 bits per heavy atom. The van der Waals surface area contributed by atoms with E-state index in [0.29, 0.717) is 6.61 Å². The van der Waals surface area contributed by atoms with Gasteiger partial charge >= 0.3 is 5.97 Å². The first-order chi connectivity index (χ1) is 6.64. The van der Waals surface area contributed by atoms with E-state index in [4.69, 9.17) is 5.11 Å². The zero-order valence-corrected chi connectivity index (χ0v) is 8.28. The second-order valence-electron chi connectivity index (χ2n) is 2.81. The van der Waals surface area contributed by atoms with Gasteiger partial charge in [0.15, 0.2) is 0 Å². The summed E-state index contributed by atoms with van der Waals surface area (Å²) >= 11 is 0. The first kappa shape index (κ1) is 13.2. The van der Waals surface area contributed by atoms with Crippen molar-refractivity contribution in [3.63, 3.8) is 0 Å². The van der Waals surface area contributed by atoms with Gasteiger partial charge in [0.25, 0.3) is 0 Å². The van der Waals surface area contributed by atoms with Crippen LogP contribution in [0.25, 0.3) is 0 Å². The largest absolute Gasteiger partial charge is 0.478 e. The maximum absolute atomic E-state index is 9.60. The van der Waals surface area contributed by atoms with E-state index in [1.54, 1.807) is 0 Å². The summed E-state index contributed by atoms with van der Waals surface area (Å²) < 4.78 is 0. The summed E-state index contributed by atoms with van der Waals surface area (Å²) in [6, 6.07) is 0. The van der Waals surface area contributed by atoms with Gasteiger partial charge in [0.2, 0.25) is 7.41 Å². The molecule has 1 rings (SSSR count). The maximum Gasteiger partial charge on any atom is 0.330 e. The second kappa shape index (κ2) is 8.74. The third-order valence-electron chi connectivity index (χ3n) is 1.38. The molecule has 0 spiro atoms. The Kier molecular flexibility index (Phi) is 8.21. The summed E-state index contributed by atoms with van der Waals surface area (Å²) in [6.45, 7) is 5.30. The third-order valence-corrected chi connectivity index (χ3v) is 1.38. The fourth-order valence-corrected chi connectivity index (χ4v) is 0.576. The van der Waals surface area contributed by atoms with E-state index >= 15 is 0 Å². The molecule has 0 atom stereocenters. The van der Waals surface area contributed by atoms with Crippen LogP contribution in [0.2, 0.25) is 6.32 Å². The minimum atomic E-state index is -0.935. The number of carboxylic acids is 1. The number of carboxylic acid groups (broad SMARTS) is 1. The van der Waals surface area contributed by atoms with Crippen LogP contribution in [0.3, 0.4) is 0 Å². The summed E-state index contributed by atoms with van der Waals surface area (Å²) in [5, 5.41) is 10.4. The molecule has 1 radical (unpaired) electrons. The molecule has 1 fully saturated rings. The van der Waals surface area contributed by atoms with E-state index in [1.165, 1.54) is 13.3 Å². The lowest BCUT2D eigenvalue weighted by Crippen LogP contribution is -2.22. The monoisotopic (exact) mass is 200 g/mol. The Hall–Kier alpha value is -0.845. The molecule has 1 aliphatic rings. The molecular formula is C8H15BNO4. The molecule has 0 amide bonds. The number of rotatable bonds is 1. The highest BCUT2D eigenvalue weighted by Crippen LogP contribution is 1.96. The topological polar surface area (TPSA) is 67.8 Å². The van der Waals surface area contributed by atoms with Gasteiger partial charge in [-0.1, -0.05) is 19.3 Å². The van der Waals surface area contributed by atoms with Crippen molar-refractivity contribution in [2.24, 2.45) is 0 Å². The molecule has 1 aliphatic heterocycles. The lowest BCUT2D eigenvalue weighted by molar-refractivity contribution is -0.320. The lowest BCUT2D eigenvalue weighted by Gasteiger charge is -2.06. The third kappa shape index (κ3) is 9.24. The number of nitrogens with one attached hydrogen (secondary N) is 1. The van der Waals surface area contributed by atoms with Crippen LogP contribution in [-0.2, 0) is 14.7 Å². The van der Waals surface area contributed by atoms with Gasteiger partial charge in [-0.25, -0.2) is 15.1 Å². The number of carbonyl (C=O) groups is 1. The van der Waals surface area contributed by atoms with Gasteiger partial charge in [0.1, 0.15) is 0 Å². The smallest absolute Gasteiger partial charge is 0.330 e. The fourth-order valence-electron chi connectivity index (χ4n) is 0.576. The van der Waals surface area contributed by atoms with Crippen molar-refractivity contribution in [2.75, 3.05) is 6.61 Å². The highest BCUT2D eigenvalue weighted by molar-refractivity contribution is 6.31. The van der Waals surface area contributed by atoms with Crippen LogP contribution in [0.15, 0.2) is 12.2 Å². The Morgan fingerprint density at radius 1 is 1.57 bits per heavy atom. The highest BCUT2D eigenvalue weighted by Gasteiger charge is 1.97. The van der Waals surface area contributed by atoms with Gasteiger partial charge in [0.05, 0.1) is 6.61 Å². The summed E-state index contributed by atoms with van der Waals surface area (Å²) in [5.41, 5.74) is 0.176. The fraction of sp³-hybridized carbons (Fsp3) is 0.625. The summed E-state index contributed by atoms with van der Waals surface area (Å²) in [5.74, 6) is -0.935. The quantitative estimate of drug-likeness (QED) is 0.374. The van der Waals surface area contributed by atoms with Gasteiger partial charge in [-0.3, -0.25) is 0 Å². The molecule has 5 nitrogen and oxygen atoms in total. The van der Waals surface area contributed by atoms with Crippen LogP contribution < -0.4 is 5.39 Å². The van der Waals surface area contributed by atoms with Gasteiger partial charge < -0.3 is 5.11 Å². The molecule has 0 bridgehead atoms. The first-order valence-electron chi connectivity index (χ1n) is 4.39. The van der Waals surface area contributed by atoms with Crippen molar-refractivity contribution in [3.8, 4) is 0 Å². The lowest BCUT2D eigenvalue weighted by atomic mass is 9.88. The molecular weight excluding hydrogens is 185 g/mol. The van der Waals surface area contributed by atoms with Crippen LogP contribution in [-0.4, -0.2) is 25.1 Å². The SMILES string of the molecule is C=C(C)C(=O)O.[B]1CCCCOON1. The van der Waals surface area contributed by atoms with E-state index in [9.17, 15) is 4.79 Å². The predicted octanol–water partition coefficient (Wildman–Crippen LogP) is 0.918. The minimum absolute atomic E-state index is 0.176. The maximum atomic E-state index is 9.60. The normalized spacial score (nSPS) is 16.4. The molecule has 79 valence electrons. The number of aliphatic carboxylic acids is 1. The molecule has 1 saturated heterocycles. The van der Waals surface area contributed by atoms with Crippen molar-refractivity contribution in [1.29, 1.82) is 0 Å². The van der Waals surface area contributed by atoms with E-state index in [2.05, 4.69) is 21.8 Å². The minimum Gasteiger partial charge on any atom is -0.478 e. The number of hydrogen-bond donors (Lipinski definition) is 2. The molecule has 0 unspecified atom stereocenters. The standard InChI is InChI=1S/C4H9BNO2.C4H6O2/c1-2-4-7-8-6-5-3-1;1-3(2)4(5)6/h6H,1-4H2;1H2,2H3,(H,5,6). The zero-order chi connectivity index (χ0) is 10.8. The Bertz CT molecular complexity index is 150. The van der Waals surface area contributed by atoms with E-state index in [1.807, 2.05) is 7.41 Å². The zero-order valence-electron chi connectivity index (χ0n) is 8.28. The molecule has 1 heterocycles. The van der Waals surface area contributed by atoms with Gasteiger partial charge in [-0.05, 0) is 13.3 Å². The molecule has 0 aromatic heterocycles. The predicted molar refractivity (Wildman–Crippen MR) is 52.4 cm³/mol. The van der Waals surface area contributed by atoms with E-state index in [0.717, 1.165) is 12.7 Å². The first-order valence-corrected chi connectivity index (χ1v) is 4.39. The van der Waals surface area contributed by atoms with Crippen molar-refractivity contribution >= 4 is 13.4 Å². The Labute approximate surface area is 84.2 Å². The average molecular weight is 200 g/mol. The molecule has 2 N–H and O–H groups in total. The Balaban J connectivity index is 0.000000255. The molecule has 0 aliphatic carbocycles. The molecule has 0 saturated carbocycles. The summed E-state index contributed by atoms with van der Waals surface area (Å²) in [6.07, 6.45) is 3.32. The molecule has 6 heteroatoms. The summed E-state index contributed by atoms with van der Waals surface area (Å²) in [7, 11) is 1.85. The summed E-state index contributed by atoms with van der Waals surface area (Å²) in [4.78, 5) is 18.7. The van der Waals surface area contributed by atoms with Crippen LogP contribution in [0.1, 0.15) is 19.8 Å². The van der Waals surface area contributed by atoms with Crippen LogP contribution >= 0.6 is 0 Å². The van der Waals surface area contributed by atoms with Gasteiger partial charge in [-0.2, -0.15) is 4.99 Å². The van der Waals surface area contributed by atoms with Gasteiger partial charge in [0, 0.05) is 5.57 Å². The molecule has 0 aromatic carbocycles. The average Bonchev–Trinajstić information content (AvgIpc) is 2.03. The highest BCUT2D eigenvalue weighted by atomic mass is 17.3. The molecule has 0 aromatic rings.